The molecule has 8 aromatic rings. The van der Waals surface area contributed by atoms with Crippen LogP contribution in [0.15, 0.2) is 121 Å². The first-order chi connectivity index (χ1) is 32.8. The lowest BCUT2D eigenvalue weighted by Gasteiger charge is -2.50. The minimum atomic E-state index is -1.16. The van der Waals surface area contributed by atoms with Crippen molar-refractivity contribution >= 4 is 61.5 Å². The molecule has 12 nitrogen and oxygen atoms in total. The number of hydrogen-bond acceptors (Lipinski definition) is 7. The van der Waals surface area contributed by atoms with Crippen LogP contribution < -0.4 is 15.4 Å². The quantitative estimate of drug-likeness (QED) is 0.148. The second kappa shape index (κ2) is 15.4. The number of nitrogens with zero attached hydrogens (tertiary/aromatic N) is 3. The summed E-state index contributed by atoms with van der Waals surface area (Å²) in [6.45, 7) is 8.55. The molecule has 344 valence electrons. The lowest BCUT2D eigenvalue weighted by Crippen LogP contribution is -2.63. The molecule has 1 aliphatic carbocycles. The lowest BCUT2D eigenvalue weighted by molar-refractivity contribution is -0.266. The fourth-order valence-corrected chi connectivity index (χ4v) is 12.1. The molecule has 3 aliphatic heterocycles. The lowest BCUT2D eigenvalue weighted by atomic mass is 9.91. The summed E-state index contributed by atoms with van der Waals surface area (Å²) in [6, 6.07) is 38.9. The summed E-state index contributed by atoms with van der Waals surface area (Å²) in [6.07, 6.45) is -1.40. The van der Waals surface area contributed by atoms with Gasteiger partial charge in [0, 0.05) is 61.0 Å². The second-order valence-electron chi connectivity index (χ2n) is 19.8. The zero-order valence-corrected chi connectivity index (χ0v) is 39.0. The molecule has 2 N–H and O–H groups in total. The Kier molecular flexibility index (Phi) is 9.59. The van der Waals surface area contributed by atoms with Gasteiger partial charge in [-0.25, -0.2) is 4.79 Å². The molecular weight excluding hydrogens is 855 g/mol. The van der Waals surface area contributed by atoms with Crippen LogP contribution in [0.2, 0.25) is 0 Å². The minimum absolute atomic E-state index is 0.0923. The molecule has 2 bridgehead atoms. The van der Waals surface area contributed by atoms with E-state index >= 15 is 4.79 Å². The number of hydrogen-bond donors (Lipinski definition) is 2. The number of ether oxygens (including phenoxy) is 4. The van der Waals surface area contributed by atoms with Crippen LogP contribution in [0.3, 0.4) is 0 Å². The molecule has 1 saturated heterocycles. The Hall–Kier alpha value is -7.15. The van der Waals surface area contributed by atoms with Crippen molar-refractivity contribution in [2.75, 3.05) is 20.8 Å². The van der Waals surface area contributed by atoms with Gasteiger partial charge in [0.1, 0.15) is 36.3 Å². The van der Waals surface area contributed by atoms with Crippen molar-refractivity contribution < 1.29 is 33.3 Å². The van der Waals surface area contributed by atoms with Crippen molar-refractivity contribution in [2.45, 2.75) is 88.7 Å². The fraction of sp³-hybridized carbons (Fsp3) is 0.304. The van der Waals surface area contributed by atoms with E-state index in [2.05, 4.69) is 75.2 Å². The summed E-state index contributed by atoms with van der Waals surface area (Å²) in [7, 11) is 3.47. The van der Waals surface area contributed by atoms with Crippen LogP contribution in [0, 0.1) is 0 Å². The van der Waals surface area contributed by atoms with Crippen molar-refractivity contribution in [3.8, 4) is 16.9 Å². The number of benzene rings is 6. The molecule has 12 heteroatoms. The Bertz CT molecular complexity index is 3360. The van der Waals surface area contributed by atoms with Crippen molar-refractivity contribution in [1.29, 1.82) is 0 Å². The average molecular weight is 908 g/mol. The Morgan fingerprint density at radius 1 is 0.853 bits per heavy atom. The van der Waals surface area contributed by atoms with Crippen LogP contribution in [0.25, 0.3) is 54.7 Å². The molecule has 1 fully saturated rings. The molecular formula is C56H53N5O7. The molecule has 6 aromatic carbocycles. The normalized spacial score (nSPS) is 20.9. The molecule has 5 heterocycles. The summed E-state index contributed by atoms with van der Waals surface area (Å²) in [5.41, 5.74) is 9.14. The second-order valence-corrected chi connectivity index (χ2v) is 19.8. The van der Waals surface area contributed by atoms with Gasteiger partial charge in [-0.3, -0.25) is 9.59 Å². The molecule has 0 spiro atoms. The largest absolute Gasteiger partial charge is 0.488 e. The highest BCUT2D eigenvalue weighted by atomic mass is 16.6. The van der Waals surface area contributed by atoms with Crippen molar-refractivity contribution in [3.05, 3.63) is 149 Å². The standard InChI is InChI=1S/C56H53N5O7/c1-55(2,3)67-32-25-23-31(24-26-32)27-41(58-54(64)66-30-40-35-17-9-7-15-33(35)34-16-8-10-18-36(34)40)53(63)59(5)44-28-45-60-42-21-13-11-19-37(42)47-48-39(29-57-52(48)62)46-38-20-12-14-22-43(38)61(50(46)49(47)60)56(4,68-45)51(44)65-6/h7-26,40-41,44-45,51H,27-30H2,1-6H3,(H,57,62)(H,58,64). The Morgan fingerprint density at radius 3 is 2.16 bits per heavy atom. The number of para-hydroxylation sites is 2. The van der Waals surface area contributed by atoms with Gasteiger partial charge < -0.3 is 43.6 Å². The molecule has 5 unspecified atom stereocenters. The molecule has 12 rings (SSSR count). The van der Waals surface area contributed by atoms with Gasteiger partial charge >= 0.3 is 6.09 Å². The van der Waals surface area contributed by atoms with Gasteiger partial charge in [-0.1, -0.05) is 97.1 Å². The number of aromatic nitrogens is 2. The summed E-state index contributed by atoms with van der Waals surface area (Å²) in [4.78, 5) is 45.3. The number of alkyl carbamates (subject to hydrolysis) is 1. The van der Waals surface area contributed by atoms with Crippen LogP contribution in [0.1, 0.15) is 78.9 Å². The number of fused-ring (bicyclic) bond motifs is 16. The fourth-order valence-electron chi connectivity index (χ4n) is 12.1. The Morgan fingerprint density at radius 2 is 1.49 bits per heavy atom. The first kappa shape index (κ1) is 42.2. The number of rotatable bonds is 9. The molecule has 4 aliphatic rings. The third-order valence-electron chi connectivity index (χ3n) is 14.8. The van der Waals surface area contributed by atoms with E-state index in [9.17, 15) is 9.59 Å². The highest BCUT2D eigenvalue weighted by molar-refractivity contribution is 6.31. The average Bonchev–Trinajstić information content (AvgIpc) is 4.06. The van der Waals surface area contributed by atoms with E-state index in [4.69, 9.17) is 18.9 Å². The number of carbonyl (C=O) groups excluding carboxylic acids is 3. The SMILES string of the molecule is COC1C(N(C)C(=O)C(Cc2ccc(OC(C)(C)C)cc2)NC(=O)OCC2c3ccccc3-c3ccccc32)CC2OC1(C)n1c3ccccc3c3c4c(c5c6ccccc6n2c5c31)C(=O)NC4. The Labute approximate surface area is 393 Å². The zero-order chi connectivity index (χ0) is 46.8. The maximum absolute atomic E-state index is 15.5. The first-order valence-corrected chi connectivity index (χ1v) is 23.5. The topological polar surface area (TPSA) is 125 Å². The van der Waals surface area contributed by atoms with Gasteiger partial charge in [0.05, 0.1) is 33.7 Å². The van der Waals surface area contributed by atoms with Crippen LogP contribution in [-0.2, 0) is 37.7 Å². The van der Waals surface area contributed by atoms with Gasteiger partial charge in [0.2, 0.25) is 5.91 Å². The smallest absolute Gasteiger partial charge is 0.407 e. The summed E-state index contributed by atoms with van der Waals surface area (Å²) in [5.74, 6) is 0.157. The minimum Gasteiger partial charge on any atom is -0.488 e. The number of nitrogens with one attached hydrogen (secondary N) is 2. The predicted molar refractivity (Wildman–Crippen MR) is 262 cm³/mol. The molecule has 0 radical (unpaired) electrons. The van der Waals surface area contributed by atoms with E-state index in [0.29, 0.717) is 24.3 Å². The maximum atomic E-state index is 15.5. The molecule has 5 atom stereocenters. The summed E-state index contributed by atoms with van der Waals surface area (Å²) in [5, 5.41) is 10.0. The molecule has 3 amide bonds. The summed E-state index contributed by atoms with van der Waals surface area (Å²) < 4.78 is 30.7. The van der Waals surface area contributed by atoms with E-state index in [-0.39, 0.29) is 30.8 Å². The van der Waals surface area contributed by atoms with E-state index in [1.807, 2.05) is 93.6 Å². The van der Waals surface area contributed by atoms with Gasteiger partial charge in [-0.05, 0) is 85.3 Å². The van der Waals surface area contributed by atoms with Gasteiger partial charge in [-0.2, -0.15) is 0 Å². The third-order valence-corrected chi connectivity index (χ3v) is 14.8. The summed E-state index contributed by atoms with van der Waals surface area (Å²) >= 11 is 0. The van der Waals surface area contributed by atoms with Crippen molar-refractivity contribution in [1.82, 2.24) is 24.7 Å². The van der Waals surface area contributed by atoms with E-state index in [0.717, 1.165) is 77.0 Å². The van der Waals surface area contributed by atoms with Crippen molar-refractivity contribution in [2.24, 2.45) is 0 Å². The van der Waals surface area contributed by atoms with E-state index in [1.54, 1.807) is 19.1 Å². The van der Waals surface area contributed by atoms with E-state index < -0.39 is 41.8 Å². The highest BCUT2D eigenvalue weighted by Crippen LogP contribution is 2.54. The maximum Gasteiger partial charge on any atom is 0.407 e. The van der Waals surface area contributed by atoms with Gasteiger partial charge in [0.15, 0.2) is 5.72 Å². The Balaban J connectivity index is 0.931. The number of carbonyl (C=O) groups is 3. The van der Waals surface area contributed by atoms with Crippen LogP contribution >= 0.6 is 0 Å². The van der Waals surface area contributed by atoms with E-state index in [1.165, 1.54) is 0 Å². The zero-order valence-electron chi connectivity index (χ0n) is 39.0. The number of methoxy groups -OCH3 is 1. The highest BCUT2D eigenvalue weighted by Gasteiger charge is 2.55. The van der Waals surface area contributed by atoms with Gasteiger partial charge in [0.25, 0.3) is 5.91 Å². The third kappa shape index (κ3) is 6.30. The van der Waals surface area contributed by atoms with Gasteiger partial charge in [-0.15, -0.1) is 0 Å². The molecule has 68 heavy (non-hydrogen) atoms. The monoisotopic (exact) mass is 907 g/mol. The predicted octanol–water partition coefficient (Wildman–Crippen LogP) is 9.92. The van der Waals surface area contributed by atoms with Crippen LogP contribution in [0.4, 0.5) is 4.79 Å². The molecule has 2 aromatic heterocycles. The first-order valence-electron chi connectivity index (χ1n) is 23.5. The number of likely N-dealkylation sites (N-methyl/N-ethyl adjacent to an activating group) is 1. The van der Waals surface area contributed by atoms with Crippen LogP contribution in [0.5, 0.6) is 5.75 Å². The number of amides is 3. The van der Waals surface area contributed by atoms with Crippen molar-refractivity contribution in [3.63, 3.8) is 0 Å². The molecule has 0 saturated carbocycles. The van der Waals surface area contributed by atoms with Crippen LogP contribution in [-0.4, -0.2) is 76.5 Å².